The summed E-state index contributed by atoms with van der Waals surface area (Å²) < 4.78 is 2.42. The molecule has 1 aromatic heterocycles. The molecule has 0 radical (unpaired) electrons. The van der Waals surface area contributed by atoms with Crippen molar-refractivity contribution in [1.29, 1.82) is 0 Å². The maximum absolute atomic E-state index is 2.42. The van der Waals surface area contributed by atoms with E-state index < -0.39 is 0 Å². The molecule has 1 heterocycles. The van der Waals surface area contributed by atoms with Gasteiger partial charge in [0.1, 0.15) is 0 Å². The van der Waals surface area contributed by atoms with Gasteiger partial charge in [-0.3, -0.25) is 0 Å². The number of anilines is 3. The Hall–Kier alpha value is -7.16. The minimum atomic E-state index is 1.10. The maximum atomic E-state index is 2.42. The summed E-state index contributed by atoms with van der Waals surface area (Å²) >= 11 is 0. The number of para-hydroxylation sites is 2. The summed E-state index contributed by atoms with van der Waals surface area (Å²) in [7, 11) is 0. The molecule has 0 spiro atoms. The van der Waals surface area contributed by atoms with Gasteiger partial charge in [-0.25, -0.2) is 0 Å². The molecule has 0 amide bonds. The van der Waals surface area contributed by atoms with Crippen molar-refractivity contribution in [3.63, 3.8) is 0 Å². The number of aromatic nitrogens is 1. The average molecular weight is 689 g/mol. The summed E-state index contributed by atoms with van der Waals surface area (Å²) in [6.07, 6.45) is 0. The zero-order valence-corrected chi connectivity index (χ0v) is 29.7. The van der Waals surface area contributed by atoms with E-state index in [1.165, 1.54) is 60.4 Å². The largest absolute Gasteiger partial charge is 0.310 e. The van der Waals surface area contributed by atoms with Gasteiger partial charge in [0, 0.05) is 33.5 Å². The fraction of sp³-hybridized carbons (Fsp3) is 0. The van der Waals surface area contributed by atoms with Gasteiger partial charge in [0.15, 0.2) is 0 Å². The van der Waals surface area contributed by atoms with Crippen molar-refractivity contribution in [3.05, 3.63) is 218 Å². The van der Waals surface area contributed by atoms with E-state index in [0.29, 0.717) is 0 Å². The molecular formula is C52H36N2. The fourth-order valence-corrected chi connectivity index (χ4v) is 7.98. The van der Waals surface area contributed by atoms with Crippen LogP contribution >= 0.6 is 0 Å². The first-order valence-electron chi connectivity index (χ1n) is 18.5. The predicted octanol–water partition coefficient (Wildman–Crippen LogP) is 14.4. The van der Waals surface area contributed by atoms with Crippen molar-refractivity contribution < 1.29 is 0 Å². The van der Waals surface area contributed by atoms with E-state index in [1.54, 1.807) is 0 Å². The second kappa shape index (κ2) is 13.4. The highest BCUT2D eigenvalue weighted by molar-refractivity contribution is 6.16. The SMILES string of the molecule is c1ccc(-c2cccc(-c3cccc4c3c3ccc(N(c5ccccc5)c5ccc(-c6ccc7ccccc7c6)cc5)cc3n4-c3ccccc3)c2)cc1. The highest BCUT2D eigenvalue weighted by Gasteiger charge is 2.20. The second-order valence-corrected chi connectivity index (χ2v) is 13.8. The van der Waals surface area contributed by atoms with Crippen LogP contribution in [0.1, 0.15) is 0 Å². The molecule has 2 nitrogen and oxygen atoms in total. The Kier molecular flexibility index (Phi) is 7.85. The third-order valence-corrected chi connectivity index (χ3v) is 10.6. The van der Waals surface area contributed by atoms with Gasteiger partial charge in [-0.1, -0.05) is 152 Å². The molecule has 0 saturated heterocycles. The Morgan fingerprint density at radius 2 is 0.889 bits per heavy atom. The first-order valence-corrected chi connectivity index (χ1v) is 18.5. The molecule has 2 heteroatoms. The summed E-state index contributed by atoms with van der Waals surface area (Å²) in [5, 5.41) is 4.97. The number of hydrogen-bond donors (Lipinski definition) is 0. The molecule has 0 saturated carbocycles. The molecule has 0 N–H and O–H groups in total. The molecule has 0 fully saturated rings. The molecule has 254 valence electrons. The van der Waals surface area contributed by atoms with Crippen LogP contribution in [-0.4, -0.2) is 4.57 Å². The van der Waals surface area contributed by atoms with Gasteiger partial charge in [-0.05, 0) is 111 Å². The maximum Gasteiger partial charge on any atom is 0.0562 e. The lowest BCUT2D eigenvalue weighted by Crippen LogP contribution is -2.10. The predicted molar refractivity (Wildman–Crippen MR) is 229 cm³/mol. The molecule has 0 aliphatic heterocycles. The zero-order valence-electron chi connectivity index (χ0n) is 29.7. The Bertz CT molecular complexity index is 2910. The number of hydrogen-bond acceptors (Lipinski definition) is 1. The molecule has 0 aliphatic carbocycles. The van der Waals surface area contributed by atoms with Gasteiger partial charge >= 0.3 is 0 Å². The van der Waals surface area contributed by atoms with E-state index in [-0.39, 0.29) is 0 Å². The van der Waals surface area contributed by atoms with Crippen molar-refractivity contribution in [2.24, 2.45) is 0 Å². The van der Waals surface area contributed by atoms with Crippen molar-refractivity contribution in [3.8, 4) is 39.1 Å². The van der Waals surface area contributed by atoms with E-state index >= 15 is 0 Å². The first-order chi connectivity index (χ1) is 26.8. The topological polar surface area (TPSA) is 8.17 Å². The van der Waals surface area contributed by atoms with Crippen molar-refractivity contribution in [1.82, 2.24) is 4.57 Å². The van der Waals surface area contributed by atoms with Crippen LogP contribution in [-0.2, 0) is 0 Å². The monoisotopic (exact) mass is 688 g/mol. The quantitative estimate of drug-likeness (QED) is 0.162. The fourth-order valence-electron chi connectivity index (χ4n) is 7.98. The minimum Gasteiger partial charge on any atom is -0.310 e. The molecule has 0 bridgehead atoms. The first kappa shape index (κ1) is 31.6. The summed E-state index contributed by atoms with van der Waals surface area (Å²) in [6, 6.07) is 78.9. The zero-order chi connectivity index (χ0) is 35.8. The molecule has 10 aromatic rings. The third kappa shape index (κ3) is 5.62. The Morgan fingerprint density at radius 1 is 0.315 bits per heavy atom. The Labute approximate surface area is 315 Å². The molecular weight excluding hydrogens is 653 g/mol. The number of fused-ring (bicyclic) bond motifs is 4. The summed E-state index contributed by atoms with van der Waals surface area (Å²) in [6.45, 7) is 0. The molecule has 0 atom stereocenters. The molecule has 10 rings (SSSR count). The van der Waals surface area contributed by atoms with Gasteiger partial charge in [-0.2, -0.15) is 0 Å². The van der Waals surface area contributed by atoms with Crippen LogP contribution in [0.25, 0.3) is 71.6 Å². The Balaban J connectivity index is 1.14. The van der Waals surface area contributed by atoms with Gasteiger partial charge in [0.2, 0.25) is 0 Å². The summed E-state index contributed by atoms with van der Waals surface area (Å²) in [5.41, 5.74) is 14.1. The number of nitrogens with zero attached hydrogens (tertiary/aromatic N) is 2. The highest BCUT2D eigenvalue weighted by Crippen LogP contribution is 2.43. The van der Waals surface area contributed by atoms with Crippen molar-refractivity contribution >= 4 is 49.6 Å². The molecule has 0 aliphatic rings. The lowest BCUT2D eigenvalue weighted by Gasteiger charge is -2.26. The van der Waals surface area contributed by atoms with Crippen LogP contribution in [0.5, 0.6) is 0 Å². The minimum absolute atomic E-state index is 1.10. The van der Waals surface area contributed by atoms with Crippen LogP contribution < -0.4 is 4.90 Å². The summed E-state index contributed by atoms with van der Waals surface area (Å²) in [5.74, 6) is 0. The van der Waals surface area contributed by atoms with Gasteiger partial charge < -0.3 is 9.47 Å². The third-order valence-electron chi connectivity index (χ3n) is 10.6. The molecule has 9 aromatic carbocycles. The van der Waals surface area contributed by atoms with Crippen LogP contribution in [0.2, 0.25) is 0 Å². The van der Waals surface area contributed by atoms with Crippen LogP contribution in [0, 0.1) is 0 Å². The normalized spacial score (nSPS) is 11.3. The average Bonchev–Trinajstić information content (AvgIpc) is 3.59. The van der Waals surface area contributed by atoms with E-state index in [4.69, 9.17) is 0 Å². The van der Waals surface area contributed by atoms with E-state index in [2.05, 4.69) is 228 Å². The van der Waals surface area contributed by atoms with E-state index in [1.807, 2.05) is 0 Å². The second-order valence-electron chi connectivity index (χ2n) is 13.8. The van der Waals surface area contributed by atoms with Crippen LogP contribution in [0.3, 0.4) is 0 Å². The van der Waals surface area contributed by atoms with Crippen molar-refractivity contribution in [2.75, 3.05) is 4.90 Å². The van der Waals surface area contributed by atoms with Crippen LogP contribution in [0.4, 0.5) is 17.1 Å². The Morgan fingerprint density at radius 3 is 1.69 bits per heavy atom. The van der Waals surface area contributed by atoms with Crippen LogP contribution in [0.15, 0.2) is 218 Å². The van der Waals surface area contributed by atoms with Crippen molar-refractivity contribution in [2.45, 2.75) is 0 Å². The lowest BCUT2D eigenvalue weighted by molar-refractivity contribution is 1.18. The summed E-state index contributed by atoms with van der Waals surface area (Å²) in [4.78, 5) is 2.36. The smallest absolute Gasteiger partial charge is 0.0562 e. The number of rotatable bonds is 7. The van der Waals surface area contributed by atoms with Gasteiger partial charge in [-0.15, -0.1) is 0 Å². The highest BCUT2D eigenvalue weighted by atomic mass is 15.1. The van der Waals surface area contributed by atoms with E-state index in [0.717, 1.165) is 28.3 Å². The lowest BCUT2D eigenvalue weighted by atomic mass is 9.96. The molecule has 54 heavy (non-hydrogen) atoms. The molecule has 0 unspecified atom stereocenters. The van der Waals surface area contributed by atoms with Gasteiger partial charge in [0.25, 0.3) is 0 Å². The number of benzene rings is 9. The standard InChI is InChI=1S/C52H36N2/c1-4-14-37(15-5-1)41-18-12-19-43(35-41)48-24-13-25-50-52(48)49-33-32-47(36-51(49)54(50)45-22-8-3-9-23-45)53(44-20-6-2-7-21-44)46-30-28-39(29-31-46)42-27-26-38-16-10-11-17-40(38)34-42/h1-36H. The van der Waals surface area contributed by atoms with E-state index in [9.17, 15) is 0 Å². The van der Waals surface area contributed by atoms with Gasteiger partial charge in [0.05, 0.1) is 11.0 Å².